The Morgan fingerprint density at radius 2 is 1.65 bits per heavy atom. The zero-order valence-corrected chi connectivity index (χ0v) is 18.7. The SMILES string of the molecule is COC(=O)N[C@H]1Cc2ccc(NC(=O)c3ccccc3-c3ccc(C(C)(F)F)cc3)cc2C1.F. The summed E-state index contributed by atoms with van der Waals surface area (Å²) in [5.74, 6) is -3.22. The summed E-state index contributed by atoms with van der Waals surface area (Å²) in [6.45, 7) is 0.855. The normalized spacial score (nSPS) is 14.5. The fourth-order valence-corrected chi connectivity index (χ4v) is 4.10. The number of hydrogen-bond acceptors (Lipinski definition) is 3. The Morgan fingerprint density at radius 3 is 2.32 bits per heavy atom. The predicted molar refractivity (Wildman–Crippen MR) is 125 cm³/mol. The van der Waals surface area contributed by atoms with Gasteiger partial charge in [0.05, 0.1) is 7.11 Å². The highest BCUT2D eigenvalue weighted by Crippen LogP contribution is 2.31. The van der Waals surface area contributed by atoms with Gasteiger partial charge >= 0.3 is 6.09 Å². The first-order chi connectivity index (χ1) is 15.7. The van der Waals surface area contributed by atoms with Crippen LogP contribution in [0, 0.1) is 0 Å². The fraction of sp³-hybridized carbons (Fsp3) is 0.231. The van der Waals surface area contributed by atoms with E-state index < -0.39 is 12.0 Å². The molecule has 0 spiro atoms. The number of hydrogen-bond donors (Lipinski definition) is 2. The second-order valence-electron chi connectivity index (χ2n) is 8.19. The Bertz CT molecular complexity index is 1190. The topological polar surface area (TPSA) is 67.4 Å². The number of rotatable bonds is 5. The van der Waals surface area contributed by atoms with E-state index in [-0.39, 0.29) is 22.2 Å². The maximum atomic E-state index is 13.5. The zero-order chi connectivity index (χ0) is 23.6. The summed E-state index contributed by atoms with van der Waals surface area (Å²) >= 11 is 0. The number of ether oxygens (including phenoxy) is 1. The molecule has 0 unspecified atom stereocenters. The lowest BCUT2D eigenvalue weighted by molar-refractivity contribution is 0.0175. The molecule has 0 aromatic heterocycles. The van der Waals surface area contributed by atoms with Gasteiger partial charge in [0, 0.05) is 29.8 Å². The number of nitrogens with one attached hydrogen (secondary N) is 2. The molecule has 3 aromatic rings. The lowest BCUT2D eigenvalue weighted by Crippen LogP contribution is -2.35. The van der Waals surface area contributed by atoms with Crippen LogP contribution in [-0.2, 0) is 23.5 Å². The van der Waals surface area contributed by atoms with Gasteiger partial charge in [0.25, 0.3) is 11.8 Å². The van der Waals surface area contributed by atoms with Gasteiger partial charge in [-0.1, -0.05) is 48.5 Å². The quantitative estimate of drug-likeness (QED) is 0.503. The molecule has 4 rings (SSSR count). The van der Waals surface area contributed by atoms with Crippen LogP contribution >= 0.6 is 0 Å². The number of amides is 2. The molecule has 0 saturated carbocycles. The van der Waals surface area contributed by atoms with E-state index in [1.54, 1.807) is 36.4 Å². The number of methoxy groups -OCH3 is 1. The lowest BCUT2D eigenvalue weighted by atomic mass is 9.97. The second kappa shape index (κ2) is 9.99. The number of alkyl carbamates (subject to hydrolysis) is 1. The summed E-state index contributed by atoms with van der Waals surface area (Å²) in [7, 11) is 1.33. The number of fused-ring (bicyclic) bond motifs is 1. The third-order valence-electron chi connectivity index (χ3n) is 5.78. The Morgan fingerprint density at radius 1 is 0.971 bits per heavy atom. The van der Waals surface area contributed by atoms with E-state index in [1.807, 2.05) is 18.2 Å². The summed E-state index contributed by atoms with van der Waals surface area (Å²) in [6.07, 6.45) is 0.890. The van der Waals surface area contributed by atoms with Crippen LogP contribution < -0.4 is 10.6 Å². The van der Waals surface area contributed by atoms with Crippen LogP contribution in [0.15, 0.2) is 66.7 Å². The van der Waals surface area contributed by atoms with Crippen molar-refractivity contribution in [2.45, 2.75) is 31.7 Å². The van der Waals surface area contributed by atoms with Crippen LogP contribution in [0.1, 0.15) is 34.0 Å². The van der Waals surface area contributed by atoms with Crippen LogP contribution in [0.25, 0.3) is 11.1 Å². The Hall–Kier alpha value is -3.81. The molecule has 2 amide bonds. The molecule has 1 aliphatic carbocycles. The van der Waals surface area contributed by atoms with Crippen molar-refractivity contribution < 1.29 is 27.8 Å². The number of carbonyl (C=O) groups excluding carboxylic acids is 2. The largest absolute Gasteiger partial charge is 0.453 e. The first-order valence-corrected chi connectivity index (χ1v) is 10.6. The van der Waals surface area contributed by atoms with Crippen molar-refractivity contribution in [1.29, 1.82) is 0 Å². The Balaban J connectivity index is 0.00000324. The summed E-state index contributed by atoms with van der Waals surface area (Å²) in [4.78, 5) is 24.6. The van der Waals surface area contributed by atoms with E-state index in [0.717, 1.165) is 18.1 Å². The molecule has 0 heterocycles. The fourth-order valence-electron chi connectivity index (χ4n) is 4.10. The molecule has 0 aliphatic heterocycles. The molecule has 0 saturated heterocycles. The molecule has 5 nitrogen and oxygen atoms in total. The van der Waals surface area contributed by atoms with Gasteiger partial charge in [-0.25, -0.2) is 13.6 Å². The molecule has 3 aromatic carbocycles. The minimum Gasteiger partial charge on any atom is -0.453 e. The van der Waals surface area contributed by atoms with Gasteiger partial charge in [0.15, 0.2) is 0 Å². The van der Waals surface area contributed by atoms with Crippen molar-refractivity contribution in [2.24, 2.45) is 0 Å². The minimum atomic E-state index is -2.92. The molecule has 1 atom stereocenters. The number of anilines is 1. The van der Waals surface area contributed by atoms with Gasteiger partial charge in [0.2, 0.25) is 0 Å². The number of carbonyl (C=O) groups is 2. The maximum absolute atomic E-state index is 13.5. The average molecular weight is 470 g/mol. The van der Waals surface area contributed by atoms with Crippen molar-refractivity contribution in [3.05, 3.63) is 89.0 Å². The van der Waals surface area contributed by atoms with Gasteiger partial charge < -0.3 is 15.4 Å². The van der Waals surface area contributed by atoms with Crippen LogP contribution in [0.5, 0.6) is 0 Å². The third kappa shape index (κ3) is 5.39. The average Bonchev–Trinajstić information content (AvgIpc) is 3.20. The molecular formula is C26H25F3N2O3. The van der Waals surface area contributed by atoms with Crippen LogP contribution in [0.2, 0.25) is 0 Å². The summed E-state index contributed by atoms with van der Waals surface area (Å²) in [5.41, 5.74) is 4.52. The van der Waals surface area contributed by atoms with Crippen molar-refractivity contribution in [3.63, 3.8) is 0 Å². The minimum absolute atomic E-state index is 0. The van der Waals surface area contributed by atoms with E-state index in [1.165, 1.54) is 19.2 Å². The standard InChI is InChI=1S/C26H24F2N2O3.FH/c1-26(27,28)19-10-7-16(8-11-19)22-5-3-4-6-23(22)24(31)29-20-12-9-17-13-21(15-18(17)14-20)30-25(32)33-2;/h3-12,14,21H,13,15H2,1-2H3,(H,29,31)(H,30,32);1H/t21-;/m0./s1. The van der Waals surface area contributed by atoms with E-state index >= 15 is 0 Å². The van der Waals surface area contributed by atoms with Crippen LogP contribution in [-0.4, -0.2) is 25.2 Å². The Labute approximate surface area is 195 Å². The third-order valence-corrected chi connectivity index (χ3v) is 5.78. The van der Waals surface area contributed by atoms with Crippen LogP contribution in [0.3, 0.4) is 0 Å². The highest BCUT2D eigenvalue weighted by molar-refractivity contribution is 6.08. The van der Waals surface area contributed by atoms with Crippen molar-refractivity contribution in [2.75, 3.05) is 12.4 Å². The van der Waals surface area contributed by atoms with Crippen molar-refractivity contribution >= 4 is 17.7 Å². The second-order valence-corrected chi connectivity index (χ2v) is 8.19. The smallest absolute Gasteiger partial charge is 0.407 e. The monoisotopic (exact) mass is 470 g/mol. The summed E-state index contributed by atoms with van der Waals surface area (Å²) < 4.78 is 31.8. The van der Waals surface area contributed by atoms with E-state index in [4.69, 9.17) is 0 Å². The Kier molecular flexibility index (Phi) is 7.29. The van der Waals surface area contributed by atoms with Gasteiger partial charge in [-0.2, -0.15) is 0 Å². The van der Waals surface area contributed by atoms with E-state index in [0.29, 0.717) is 35.2 Å². The number of alkyl halides is 2. The lowest BCUT2D eigenvalue weighted by Gasteiger charge is -2.14. The molecular weight excluding hydrogens is 445 g/mol. The molecule has 0 fully saturated rings. The zero-order valence-electron chi connectivity index (χ0n) is 18.7. The first kappa shape index (κ1) is 24.8. The maximum Gasteiger partial charge on any atom is 0.407 e. The highest BCUT2D eigenvalue weighted by atomic mass is 19.3. The van der Waals surface area contributed by atoms with Crippen molar-refractivity contribution in [1.82, 2.24) is 5.32 Å². The number of benzene rings is 3. The molecule has 8 heteroatoms. The molecule has 178 valence electrons. The van der Waals surface area contributed by atoms with Gasteiger partial charge in [-0.15, -0.1) is 0 Å². The van der Waals surface area contributed by atoms with E-state index in [2.05, 4.69) is 15.4 Å². The molecule has 0 bridgehead atoms. The first-order valence-electron chi connectivity index (χ1n) is 10.6. The van der Waals surface area contributed by atoms with Gasteiger partial charge in [-0.3, -0.25) is 9.50 Å². The van der Waals surface area contributed by atoms with Gasteiger partial charge in [-0.05, 0) is 53.3 Å². The van der Waals surface area contributed by atoms with Gasteiger partial charge in [0.1, 0.15) is 0 Å². The van der Waals surface area contributed by atoms with Crippen molar-refractivity contribution in [3.8, 4) is 11.1 Å². The molecule has 34 heavy (non-hydrogen) atoms. The summed E-state index contributed by atoms with van der Waals surface area (Å²) in [5, 5.41) is 5.73. The molecule has 2 N–H and O–H groups in total. The summed E-state index contributed by atoms with van der Waals surface area (Å²) in [6, 6.07) is 18.7. The molecule has 0 radical (unpaired) electrons. The molecule has 1 aliphatic rings. The number of halogens is 3. The highest BCUT2D eigenvalue weighted by Gasteiger charge is 2.25. The van der Waals surface area contributed by atoms with Crippen LogP contribution in [0.4, 0.5) is 24.0 Å². The predicted octanol–water partition coefficient (Wildman–Crippen LogP) is 5.69. The van der Waals surface area contributed by atoms with E-state index in [9.17, 15) is 18.4 Å².